The predicted octanol–water partition coefficient (Wildman–Crippen LogP) is 1.92. The fraction of sp³-hybridized carbons (Fsp3) is 0.667. The molecule has 14 heavy (non-hydrogen) atoms. The maximum Gasteiger partial charge on any atom is 0.275 e. The van der Waals surface area contributed by atoms with Crippen LogP contribution in [-0.2, 0) is 4.74 Å². The average Bonchev–Trinajstić information content (AvgIpc) is 2.44. The van der Waals surface area contributed by atoms with Gasteiger partial charge in [-0.15, -0.1) is 0 Å². The van der Waals surface area contributed by atoms with Gasteiger partial charge in [-0.1, -0.05) is 11.3 Å². The molecule has 1 heterocycles. The lowest BCUT2D eigenvalue weighted by atomic mass is 10.2. The zero-order chi connectivity index (χ0) is 10.6. The minimum absolute atomic E-state index is 0.120. The number of rotatable bonds is 4. The van der Waals surface area contributed by atoms with Crippen LogP contribution in [0.1, 0.15) is 20.8 Å². The number of thiazole rings is 1. The smallest absolute Gasteiger partial charge is 0.275 e. The summed E-state index contributed by atoms with van der Waals surface area (Å²) in [7, 11) is 0. The largest absolute Gasteiger partial charge is 0.468 e. The van der Waals surface area contributed by atoms with Gasteiger partial charge in [-0.05, 0) is 20.8 Å². The highest BCUT2D eigenvalue weighted by Crippen LogP contribution is 2.21. The Labute approximate surface area is 88.0 Å². The molecular formula is C9H16N2O2S. The van der Waals surface area contributed by atoms with E-state index in [0.29, 0.717) is 23.4 Å². The third-order valence-corrected chi connectivity index (χ3v) is 2.09. The first kappa shape index (κ1) is 11.3. The molecule has 0 aromatic carbocycles. The van der Waals surface area contributed by atoms with Crippen molar-refractivity contribution in [2.24, 2.45) is 0 Å². The van der Waals surface area contributed by atoms with Crippen molar-refractivity contribution < 1.29 is 9.47 Å². The molecular weight excluding hydrogens is 200 g/mol. The summed E-state index contributed by atoms with van der Waals surface area (Å²) in [5.74, 6) is 0. The van der Waals surface area contributed by atoms with Gasteiger partial charge in [0.25, 0.3) is 5.19 Å². The molecule has 1 aromatic rings. The maximum atomic E-state index is 5.50. The van der Waals surface area contributed by atoms with Crippen LogP contribution < -0.4 is 10.5 Å². The van der Waals surface area contributed by atoms with E-state index >= 15 is 0 Å². The maximum absolute atomic E-state index is 5.50. The van der Waals surface area contributed by atoms with Crippen LogP contribution in [0.4, 0.5) is 5.00 Å². The third kappa shape index (κ3) is 4.43. The van der Waals surface area contributed by atoms with E-state index in [1.54, 1.807) is 6.20 Å². The van der Waals surface area contributed by atoms with E-state index in [1.807, 2.05) is 20.8 Å². The van der Waals surface area contributed by atoms with Crippen LogP contribution in [0.15, 0.2) is 6.20 Å². The Kier molecular flexibility index (Phi) is 3.71. The van der Waals surface area contributed by atoms with Gasteiger partial charge in [0.2, 0.25) is 0 Å². The Balaban J connectivity index is 2.16. The van der Waals surface area contributed by atoms with Crippen molar-refractivity contribution in [3.63, 3.8) is 0 Å². The van der Waals surface area contributed by atoms with Crippen LogP contribution in [0.2, 0.25) is 0 Å². The Bertz CT molecular complexity index is 281. The lowest BCUT2D eigenvalue weighted by Crippen LogP contribution is -2.22. The van der Waals surface area contributed by atoms with Gasteiger partial charge in [0, 0.05) is 0 Å². The van der Waals surface area contributed by atoms with Gasteiger partial charge in [-0.2, -0.15) is 0 Å². The second kappa shape index (κ2) is 4.61. The molecule has 5 heteroatoms. The van der Waals surface area contributed by atoms with Gasteiger partial charge in [0.1, 0.15) is 11.6 Å². The SMILES string of the molecule is CC(C)(C)OCCOc1ncc(N)s1. The molecule has 0 aliphatic heterocycles. The van der Waals surface area contributed by atoms with Gasteiger partial charge < -0.3 is 15.2 Å². The molecule has 0 atom stereocenters. The molecule has 2 N–H and O–H groups in total. The molecule has 0 radical (unpaired) electrons. The van der Waals surface area contributed by atoms with Crippen molar-refractivity contribution >= 4 is 16.3 Å². The van der Waals surface area contributed by atoms with Crippen LogP contribution in [0.3, 0.4) is 0 Å². The summed E-state index contributed by atoms with van der Waals surface area (Å²) in [5.41, 5.74) is 5.38. The minimum Gasteiger partial charge on any atom is -0.468 e. The molecule has 1 aromatic heterocycles. The highest BCUT2D eigenvalue weighted by Gasteiger charge is 2.09. The first-order chi connectivity index (χ1) is 6.47. The van der Waals surface area contributed by atoms with E-state index in [4.69, 9.17) is 15.2 Å². The molecule has 0 fully saturated rings. The topological polar surface area (TPSA) is 57.4 Å². The number of hydrogen-bond acceptors (Lipinski definition) is 5. The van der Waals surface area contributed by atoms with Crippen molar-refractivity contribution in [3.8, 4) is 5.19 Å². The first-order valence-electron chi connectivity index (χ1n) is 4.45. The van der Waals surface area contributed by atoms with E-state index < -0.39 is 0 Å². The fourth-order valence-corrected chi connectivity index (χ4v) is 1.37. The summed E-state index contributed by atoms with van der Waals surface area (Å²) in [5, 5.41) is 1.26. The number of hydrogen-bond donors (Lipinski definition) is 1. The summed E-state index contributed by atoms with van der Waals surface area (Å²) >= 11 is 1.33. The number of anilines is 1. The van der Waals surface area contributed by atoms with Crippen LogP contribution in [0, 0.1) is 0 Å². The minimum atomic E-state index is -0.120. The van der Waals surface area contributed by atoms with E-state index in [2.05, 4.69) is 4.98 Å². The lowest BCUT2D eigenvalue weighted by Gasteiger charge is -2.19. The third-order valence-electron chi connectivity index (χ3n) is 1.35. The summed E-state index contributed by atoms with van der Waals surface area (Å²) < 4.78 is 10.8. The highest BCUT2D eigenvalue weighted by molar-refractivity contribution is 7.17. The second-order valence-electron chi connectivity index (χ2n) is 3.84. The molecule has 0 aliphatic carbocycles. The zero-order valence-corrected chi connectivity index (χ0v) is 9.56. The van der Waals surface area contributed by atoms with Crippen molar-refractivity contribution in [2.75, 3.05) is 18.9 Å². The summed E-state index contributed by atoms with van der Waals surface area (Å²) in [4.78, 5) is 3.97. The molecule has 0 saturated heterocycles. The van der Waals surface area contributed by atoms with Crippen molar-refractivity contribution in [2.45, 2.75) is 26.4 Å². The molecule has 0 saturated carbocycles. The quantitative estimate of drug-likeness (QED) is 0.781. The van der Waals surface area contributed by atoms with Crippen LogP contribution in [0.25, 0.3) is 0 Å². The van der Waals surface area contributed by atoms with Gasteiger partial charge in [-0.3, -0.25) is 0 Å². The molecule has 0 unspecified atom stereocenters. The zero-order valence-electron chi connectivity index (χ0n) is 8.74. The van der Waals surface area contributed by atoms with Crippen molar-refractivity contribution in [1.82, 2.24) is 4.98 Å². The lowest BCUT2D eigenvalue weighted by molar-refractivity contribution is -0.0163. The van der Waals surface area contributed by atoms with Gasteiger partial charge >= 0.3 is 0 Å². The highest BCUT2D eigenvalue weighted by atomic mass is 32.1. The van der Waals surface area contributed by atoms with Crippen molar-refractivity contribution in [1.29, 1.82) is 0 Å². The van der Waals surface area contributed by atoms with E-state index in [-0.39, 0.29) is 5.60 Å². The van der Waals surface area contributed by atoms with Gasteiger partial charge in [0.15, 0.2) is 0 Å². The van der Waals surface area contributed by atoms with Crippen LogP contribution >= 0.6 is 11.3 Å². The van der Waals surface area contributed by atoms with E-state index in [0.717, 1.165) is 0 Å². The summed E-state index contributed by atoms with van der Waals surface area (Å²) in [6.45, 7) is 7.09. The normalized spacial score (nSPS) is 11.6. The predicted molar refractivity (Wildman–Crippen MR) is 57.7 cm³/mol. The standard InChI is InChI=1S/C9H16N2O2S/c1-9(2,3)13-5-4-12-8-11-6-7(10)14-8/h6H,4-5,10H2,1-3H3. The van der Waals surface area contributed by atoms with Crippen LogP contribution in [-0.4, -0.2) is 23.8 Å². The fourth-order valence-electron chi connectivity index (χ4n) is 0.813. The second-order valence-corrected chi connectivity index (χ2v) is 4.86. The molecule has 0 spiro atoms. The number of nitrogens with zero attached hydrogens (tertiary/aromatic N) is 1. The van der Waals surface area contributed by atoms with Gasteiger partial charge in [0.05, 0.1) is 18.4 Å². The molecule has 0 bridgehead atoms. The van der Waals surface area contributed by atoms with Crippen molar-refractivity contribution in [3.05, 3.63) is 6.20 Å². The molecule has 1 rings (SSSR count). The van der Waals surface area contributed by atoms with Crippen LogP contribution in [0.5, 0.6) is 5.19 Å². The Morgan fingerprint density at radius 2 is 2.14 bits per heavy atom. The molecule has 0 aliphatic rings. The Hall–Kier alpha value is -0.810. The number of aromatic nitrogens is 1. The van der Waals surface area contributed by atoms with E-state index in [9.17, 15) is 0 Å². The number of nitrogen functional groups attached to an aromatic ring is 1. The number of ether oxygens (including phenoxy) is 2. The van der Waals surface area contributed by atoms with E-state index in [1.165, 1.54) is 11.3 Å². The average molecular weight is 216 g/mol. The monoisotopic (exact) mass is 216 g/mol. The first-order valence-corrected chi connectivity index (χ1v) is 5.27. The Morgan fingerprint density at radius 3 is 2.64 bits per heavy atom. The summed E-state index contributed by atoms with van der Waals surface area (Å²) in [6.07, 6.45) is 1.59. The molecule has 4 nitrogen and oxygen atoms in total. The number of nitrogens with two attached hydrogens (primary N) is 1. The summed E-state index contributed by atoms with van der Waals surface area (Å²) in [6, 6.07) is 0. The van der Waals surface area contributed by atoms with Gasteiger partial charge in [-0.25, -0.2) is 4.98 Å². The Morgan fingerprint density at radius 1 is 1.43 bits per heavy atom. The molecule has 0 amide bonds. The molecule has 80 valence electrons.